The first-order valence-corrected chi connectivity index (χ1v) is 13.2. The monoisotopic (exact) mass is 506 g/mol. The van der Waals surface area contributed by atoms with E-state index in [9.17, 15) is 4.79 Å². The highest BCUT2D eigenvalue weighted by molar-refractivity contribution is 5.77. The van der Waals surface area contributed by atoms with E-state index in [2.05, 4.69) is 27.1 Å². The summed E-state index contributed by atoms with van der Waals surface area (Å²) in [5.41, 5.74) is 1.10. The number of rotatable bonds is 12. The van der Waals surface area contributed by atoms with Crippen molar-refractivity contribution in [1.82, 2.24) is 24.8 Å². The van der Waals surface area contributed by atoms with Crippen LogP contribution in [-0.4, -0.2) is 58.3 Å². The van der Waals surface area contributed by atoms with E-state index in [4.69, 9.17) is 14.5 Å². The normalized spacial score (nSPS) is 16.3. The number of piperidine rings is 1. The third kappa shape index (κ3) is 7.21. The van der Waals surface area contributed by atoms with Crippen molar-refractivity contribution in [3.63, 3.8) is 0 Å². The summed E-state index contributed by atoms with van der Waals surface area (Å²) in [4.78, 5) is 28.7. The second kappa shape index (κ2) is 13.1. The minimum absolute atomic E-state index is 0.0678. The van der Waals surface area contributed by atoms with Gasteiger partial charge in [-0.15, -0.1) is 0 Å². The van der Waals surface area contributed by atoms with Gasteiger partial charge in [-0.25, -0.2) is 15.0 Å². The van der Waals surface area contributed by atoms with E-state index in [0.29, 0.717) is 19.6 Å². The van der Waals surface area contributed by atoms with Crippen molar-refractivity contribution < 1.29 is 14.3 Å². The molecule has 1 aromatic carbocycles. The molecule has 3 aromatic rings. The number of carbonyl (C=O) groups is 1. The maximum absolute atomic E-state index is 12.9. The van der Waals surface area contributed by atoms with Crippen molar-refractivity contribution in [1.29, 1.82) is 0 Å². The number of carbonyl (C=O) groups excluding carboxylic acids is 1. The lowest BCUT2D eigenvalue weighted by atomic mass is 9.99. The highest BCUT2D eigenvalue weighted by atomic mass is 16.5. The number of aromatic nitrogens is 4. The molecule has 0 spiro atoms. The lowest BCUT2D eigenvalue weighted by molar-refractivity contribution is -0.121. The van der Waals surface area contributed by atoms with Crippen LogP contribution >= 0.6 is 0 Å². The molecule has 1 amide bonds. The quantitative estimate of drug-likeness (QED) is 0.397. The molecule has 37 heavy (non-hydrogen) atoms. The van der Waals surface area contributed by atoms with Gasteiger partial charge in [0.2, 0.25) is 5.91 Å². The summed E-state index contributed by atoms with van der Waals surface area (Å²) in [5.74, 6) is 3.39. The predicted molar refractivity (Wildman–Crippen MR) is 143 cm³/mol. The Morgan fingerprint density at radius 1 is 1.22 bits per heavy atom. The second-order valence-electron chi connectivity index (χ2n) is 9.50. The molecule has 2 atom stereocenters. The molecule has 4 rings (SSSR count). The predicted octanol–water partition coefficient (Wildman–Crippen LogP) is 3.99. The van der Waals surface area contributed by atoms with Crippen LogP contribution in [0.3, 0.4) is 0 Å². The zero-order chi connectivity index (χ0) is 26.0. The van der Waals surface area contributed by atoms with E-state index < -0.39 is 0 Å². The molecule has 198 valence electrons. The lowest BCUT2D eigenvalue weighted by Gasteiger charge is -2.36. The molecule has 1 aliphatic heterocycles. The van der Waals surface area contributed by atoms with E-state index in [0.717, 1.165) is 67.5 Å². The Hall–Kier alpha value is -3.62. The molecule has 0 saturated carbocycles. The van der Waals surface area contributed by atoms with E-state index >= 15 is 0 Å². The Morgan fingerprint density at radius 3 is 2.89 bits per heavy atom. The third-order valence-electron chi connectivity index (χ3n) is 6.75. The van der Waals surface area contributed by atoms with Gasteiger partial charge in [0.15, 0.2) is 11.5 Å². The molecule has 1 N–H and O–H groups in total. The summed E-state index contributed by atoms with van der Waals surface area (Å²) in [6.45, 7) is 6.90. The van der Waals surface area contributed by atoms with E-state index in [1.165, 1.54) is 0 Å². The molecule has 0 aliphatic carbocycles. The number of nitrogens with one attached hydrogen (secondary N) is 1. The zero-order valence-electron chi connectivity index (χ0n) is 22.1. The van der Waals surface area contributed by atoms with Crippen LogP contribution in [0.5, 0.6) is 11.5 Å². The van der Waals surface area contributed by atoms with Gasteiger partial charge in [0.05, 0.1) is 20.0 Å². The van der Waals surface area contributed by atoms with Gasteiger partial charge in [0.1, 0.15) is 11.6 Å². The van der Waals surface area contributed by atoms with Crippen molar-refractivity contribution >= 4 is 11.7 Å². The number of anilines is 1. The fourth-order valence-electron chi connectivity index (χ4n) is 4.85. The highest BCUT2D eigenvalue weighted by Crippen LogP contribution is 2.28. The Morgan fingerprint density at radius 2 is 2.11 bits per heavy atom. The zero-order valence-corrected chi connectivity index (χ0v) is 22.1. The molecule has 1 aliphatic rings. The molecule has 2 unspecified atom stereocenters. The first-order valence-electron chi connectivity index (χ1n) is 13.2. The van der Waals surface area contributed by atoms with Gasteiger partial charge < -0.3 is 24.3 Å². The van der Waals surface area contributed by atoms with Crippen molar-refractivity contribution in [2.75, 3.05) is 31.7 Å². The third-order valence-corrected chi connectivity index (χ3v) is 6.75. The minimum Gasteiger partial charge on any atom is -0.493 e. The summed E-state index contributed by atoms with van der Waals surface area (Å²) in [6.07, 6.45) is 11.8. The van der Waals surface area contributed by atoms with Gasteiger partial charge in [0, 0.05) is 56.6 Å². The van der Waals surface area contributed by atoms with Crippen LogP contribution in [0.2, 0.25) is 0 Å². The van der Waals surface area contributed by atoms with Gasteiger partial charge in [-0.1, -0.05) is 13.0 Å². The van der Waals surface area contributed by atoms with Gasteiger partial charge in [-0.3, -0.25) is 4.79 Å². The summed E-state index contributed by atoms with van der Waals surface area (Å²) >= 11 is 0. The molecular weight excluding hydrogens is 468 g/mol. The van der Waals surface area contributed by atoms with E-state index in [1.54, 1.807) is 13.3 Å². The van der Waals surface area contributed by atoms with Crippen LogP contribution in [0.25, 0.3) is 0 Å². The lowest BCUT2D eigenvalue weighted by Crippen LogP contribution is -2.43. The largest absolute Gasteiger partial charge is 0.493 e. The van der Waals surface area contributed by atoms with E-state index in [1.807, 2.05) is 54.5 Å². The molecular formula is C28H38N6O3. The van der Waals surface area contributed by atoms with Crippen molar-refractivity contribution in [2.24, 2.45) is 0 Å². The fraction of sp³-hybridized carbons (Fsp3) is 0.500. The first kappa shape index (κ1) is 26.4. The molecule has 1 fully saturated rings. The number of ether oxygens (including phenoxy) is 2. The number of imidazole rings is 1. The van der Waals surface area contributed by atoms with Crippen LogP contribution in [0.15, 0.2) is 49.2 Å². The molecule has 0 bridgehead atoms. The maximum atomic E-state index is 12.9. The number of nitrogens with zero attached hydrogens (tertiary/aromatic N) is 5. The molecule has 3 heterocycles. The smallest absolute Gasteiger partial charge is 0.222 e. The van der Waals surface area contributed by atoms with Crippen molar-refractivity contribution in [3.8, 4) is 11.5 Å². The summed E-state index contributed by atoms with van der Waals surface area (Å²) in [7, 11) is 1.64. The van der Waals surface area contributed by atoms with Crippen LogP contribution < -0.4 is 19.7 Å². The topological polar surface area (TPSA) is 94.4 Å². The van der Waals surface area contributed by atoms with Crippen LogP contribution in [0.4, 0.5) is 5.82 Å². The Kier molecular flexibility index (Phi) is 9.35. The number of methoxy groups -OCH3 is 1. The number of amides is 1. The Labute approximate surface area is 219 Å². The Bertz CT molecular complexity index is 1140. The molecule has 0 radical (unpaired) electrons. The molecule has 2 aromatic heterocycles. The molecule has 1 saturated heterocycles. The maximum Gasteiger partial charge on any atom is 0.222 e. The van der Waals surface area contributed by atoms with E-state index in [-0.39, 0.29) is 17.9 Å². The number of hydrogen-bond donors (Lipinski definition) is 1. The highest BCUT2D eigenvalue weighted by Gasteiger charge is 2.26. The standard InChI is InChI=1S/C28H38N6O3/c1-4-37-25-17-22(8-9-24(25)36-3)10-12-30-27(35)18-23-7-5-6-15-34(23)26-11-13-31-28(32-26)21(2)19-33-16-14-29-20-33/h8-9,11,13-14,16-17,20-21,23H,4-7,10,12,15,18-19H2,1-3H3,(H,30,35). The first-order chi connectivity index (χ1) is 18.1. The fourth-order valence-corrected chi connectivity index (χ4v) is 4.85. The van der Waals surface area contributed by atoms with Gasteiger partial charge >= 0.3 is 0 Å². The van der Waals surface area contributed by atoms with Gasteiger partial charge in [-0.05, 0) is 56.4 Å². The number of benzene rings is 1. The van der Waals surface area contributed by atoms with Crippen LogP contribution in [0.1, 0.15) is 56.8 Å². The average molecular weight is 507 g/mol. The number of hydrogen-bond acceptors (Lipinski definition) is 7. The van der Waals surface area contributed by atoms with Crippen LogP contribution in [0, 0.1) is 0 Å². The van der Waals surface area contributed by atoms with Crippen molar-refractivity contribution in [2.45, 2.75) is 64.5 Å². The molecule has 9 nitrogen and oxygen atoms in total. The van der Waals surface area contributed by atoms with Crippen LogP contribution in [-0.2, 0) is 17.8 Å². The van der Waals surface area contributed by atoms with Gasteiger partial charge in [-0.2, -0.15) is 0 Å². The summed E-state index contributed by atoms with van der Waals surface area (Å²) in [6, 6.07) is 8.00. The summed E-state index contributed by atoms with van der Waals surface area (Å²) in [5, 5.41) is 3.11. The molecule has 9 heteroatoms. The Balaban J connectivity index is 1.33. The minimum atomic E-state index is 0.0678. The second-order valence-corrected chi connectivity index (χ2v) is 9.50. The van der Waals surface area contributed by atoms with Gasteiger partial charge in [0.25, 0.3) is 0 Å². The average Bonchev–Trinajstić information content (AvgIpc) is 3.42. The SMILES string of the molecule is CCOc1cc(CCNC(=O)CC2CCCCN2c2ccnc(C(C)Cn3ccnc3)n2)ccc1OC. The summed E-state index contributed by atoms with van der Waals surface area (Å²) < 4.78 is 13.1. The van der Waals surface area contributed by atoms with Crippen molar-refractivity contribution in [3.05, 3.63) is 60.6 Å².